The molecule has 0 saturated carbocycles. The summed E-state index contributed by atoms with van der Waals surface area (Å²) in [6.45, 7) is 27.0. The second kappa shape index (κ2) is 33.0. The molecule has 0 aliphatic rings. The van der Waals surface area contributed by atoms with E-state index >= 15 is 0 Å². The van der Waals surface area contributed by atoms with Crippen LogP contribution in [-0.4, -0.2) is 49.0 Å². The highest BCUT2D eigenvalue weighted by Crippen LogP contribution is 2.31. The van der Waals surface area contributed by atoms with Gasteiger partial charge in [0, 0.05) is 22.3 Å². The van der Waals surface area contributed by atoms with Crippen LogP contribution in [0.5, 0.6) is 23.0 Å². The minimum atomic E-state index is -0.445. The molecule has 0 N–H and O–H groups in total. The normalized spacial score (nSPS) is 10.6. The van der Waals surface area contributed by atoms with E-state index in [1.54, 1.807) is 115 Å². The molecule has 0 aliphatic heterocycles. The fraction of sp³-hybridized carbons (Fsp3) is 0.250. The Hall–Kier alpha value is -9.49. The Balaban J connectivity index is 0.000000237. The third kappa shape index (κ3) is 22.0. The Morgan fingerprint density at radius 1 is 0.365 bits per heavy atom. The Kier molecular flexibility index (Phi) is 25.7. The number of hydrogen-bond donors (Lipinski definition) is 0. The summed E-state index contributed by atoms with van der Waals surface area (Å²) in [5.41, 5.74) is 10.4. The second-order valence-electron chi connectivity index (χ2n) is 21.1. The number of benzene rings is 7. The SMILES string of the molecule is C=C(C)C(=O)OCCCc1ccc(-c2ccc(-c3ccc(OC(=O)C(C)C)cc3)c(F)c2)cc1.C=C(C)C(=O)OCCCc1ccc(-c2ccc(OC(=O)C(C)C)cc2)cc1.C=C(C)C(=O)Oc1ccc(-c2ccc(OC(=O)C(C)C)cc2)cc1. The third-order valence-corrected chi connectivity index (χ3v) is 12.6. The average molecular weight is 1150 g/mol. The van der Waals surface area contributed by atoms with Gasteiger partial charge in [0.05, 0.1) is 31.0 Å². The molecule has 0 heterocycles. The van der Waals surface area contributed by atoms with Crippen LogP contribution in [0.4, 0.5) is 4.39 Å². The molecule has 85 heavy (non-hydrogen) atoms. The summed E-state index contributed by atoms with van der Waals surface area (Å²) in [5.74, 6) is -0.838. The van der Waals surface area contributed by atoms with Gasteiger partial charge in [-0.1, -0.05) is 170 Å². The van der Waals surface area contributed by atoms with Crippen LogP contribution in [0.15, 0.2) is 200 Å². The molecule has 0 spiro atoms. The molecule has 7 aromatic rings. The molecule has 7 aromatic carbocycles. The van der Waals surface area contributed by atoms with Crippen molar-refractivity contribution in [3.63, 3.8) is 0 Å². The molecule has 0 unspecified atom stereocenters. The van der Waals surface area contributed by atoms with E-state index in [9.17, 15) is 33.2 Å². The number of esters is 6. The van der Waals surface area contributed by atoms with E-state index in [1.807, 2.05) is 80.6 Å². The number of rotatable bonds is 22. The van der Waals surface area contributed by atoms with Gasteiger partial charge in [-0.25, -0.2) is 18.8 Å². The molecular weight excluding hydrogens is 1080 g/mol. The number of aryl methyl sites for hydroxylation is 2. The molecule has 0 aromatic heterocycles. The van der Waals surface area contributed by atoms with Crippen molar-refractivity contribution in [3.05, 3.63) is 217 Å². The zero-order valence-corrected chi connectivity index (χ0v) is 50.0. The van der Waals surface area contributed by atoms with Gasteiger partial charge in [-0.3, -0.25) is 14.4 Å². The quantitative estimate of drug-likeness (QED) is 0.0274. The molecule has 0 atom stereocenters. The molecule has 0 saturated heterocycles. The van der Waals surface area contributed by atoms with Crippen molar-refractivity contribution < 1.29 is 61.6 Å². The predicted molar refractivity (Wildman–Crippen MR) is 331 cm³/mol. The van der Waals surface area contributed by atoms with Crippen LogP contribution in [0.1, 0.15) is 86.3 Å². The van der Waals surface area contributed by atoms with E-state index in [0.717, 1.165) is 64.6 Å². The molecule has 0 bridgehead atoms. The first-order valence-corrected chi connectivity index (χ1v) is 28.0. The first-order valence-electron chi connectivity index (χ1n) is 28.0. The van der Waals surface area contributed by atoms with Crippen LogP contribution in [0.25, 0.3) is 44.5 Å². The predicted octanol–water partition coefficient (Wildman–Crippen LogP) is 16.1. The number of halogens is 1. The fourth-order valence-electron chi connectivity index (χ4n) is 7.53. The first kappa shape index (κ1) is 66.3. The summed E-state index contributed by atoms with van der Waals surface area (Å²) in [4.78, 5) is 69.1. The Labute approximate surface area is 498 Å². The standard InChI is InChI=1S/C29H29FO4.C23H26O4.C20H20O4/c1-19(2)28(31)33-17-5-6-21-7-9-22(10-8-21)24-13-16-26(27(30)18-24)23-11-14-25(15-12-23)34-29(32)20(3)4;1-16(2)22(24)26-15-5-6-18-7-9-19(10-8-18)20-11-13-21(14-12-20)27-23(25)17(3)4;1-13(2)19(21)23-17-9-5-15(6-10-17)16-7-11-18(12-8-16)24-20(22)14(3)4/h7-16,18,20H,1,5-6,17H2,2-4H3;7-14,17H,1,5-6,15H2,2-4H3;5-12,14H,1H2,2-4H3. The van der Waals surface area contributed by atoms with Crippen LogP contribution in [-0.2, 0) is 51.1 Å². The maximum absolute atomic E-state index is 14.9. The second-order valence-corrected chi connectivity index (χ2v) is 21.1. The van der Waals surface area contributed by atoms with Gasteiger partial charge < -0.3 is 28.4 Å². The van der Waals surface area contributed by atoms with Gasteiger partial charge in [0.2, 0.25) is 0 Å². The first-order chi connectivity index (χ1) is 40.5. The van der Waals surface area contributed by atoms with Gasteiger partial charge >= 0.3 is 35.8 Å². The zero-order valence-electron chi connectivity index (χ0n) is 50.0. The van der Waals surface area contributed by atoms with Crippen molar-refractivity contribution in [1.82, 2.24) is 0 Å². The lowest BCUT2D eigenvalue weighted by molar-refractivity contribution is -0.139. The van der Waals surface area contributed by atoms with Crippen molar-refractivity contribution in [3.8, 4) is 67.5 Å². The van der Waals surface area contributed by atoms with Crippen molar-refractivity contribution in [2.75, 3.05) is 13.2 Å². The highest BCUT2D eigenvalue weighted by Gasteiger charge is 2.15. The molecule has 0 fully saturated rings. The van der Waals surface area contributed by atoms with Gasteiger partial charge in [0.15, 0.2) is 0 Å². The Morgan fingerprint density at radius 3 is 0.929 bits per heavy atom. The van der Waals surface area contributed by atoms with Crippen LogP contribution < -0.4 is 18.9 Å². The Bertz CT molecular complexity index is 3410. The van der Waals surface area contributed by atoms with Gasteiger partial charge in [-0.2, -0.15) is 0 Å². The van der Waals surface area contributed by atoms with E-state index in [4.69, 9.17) is 28.4 Å². The van der Waals surface area contributed by atoms with Crippen LogP contribution in [0.2, 0.25) is 0 Å². The fourth-order valence-corrected chi connectivity index (χ4v) is 7.53. The van der Waals surface area contributed by atoms with Crippen molar-refractivity contribution in [1.29, 1.82) is 0 Å². The Morgan fingerprint density at radius 2 is 0.635 bits per heavy atom. The highest BCUT2D eigenvalue weighted by molar-refractivity contribution is 5.89. The van der Waals surface area contributed by atoms with Gasteiger partial charge in [-0.15, -0.1) is 0 Å². The lowest BCUT2D eigenvalue weighted by Gasteiger charge is -2.10. The smallest absolute Gasteiger partial charge is 0.338 e. The third-order valence-electron chi connectivity index (χ3n) is 12.6. The molecule has 442 valence electrons. The molecule has 0 aliphatic carbocycles. The largest absolute Gasteiger partial charge is 0.462 e. The maximum Gasteiger partial charge on any atom is 0.338 e. The lowest BCUT2D eigenvalue weighted by Crippen LogP contribution is -2.14. The monoisotopic (exact) mass is 1150 g/mol. The molecule has 13 heteroatoms. The summed E-state index contributed by atoms with van der Waals surface area (Å²) in [6, 6.07) is 50.1. The van der Waals surface area contributed by atoms with Crippen molar-refractivity contribution in [2.24, 2.45) is 17.8 Å². The molecule has 12 nitrogen and oxygen atoms in total. The minimum Gasteiger partial charge on any atom is -0.462 e. The lowest BCUT2D eigenvalue weighted by atomic mass is 9.98. The van der Waals surface area contributed by atoms with E-state index in [-0.39, 0.29) is 53.4 Å². The van der Waals surface area contributed by atoms with E-state index in [2.05, 4.69) is 44.0 Å². The van der Waals surface area contributed by atoms with Gasteiger partial charge in [0.25, 0.3) is 0 Å². The summed E-state index contributed by atoms with van der Waals surface area (Å²) in [7, 11) is 0. The van der Waals surface area contributed by atoms with E-state index < -0.39 is 5.97 Å². The van der Waals surface area contributed by atoms with Crippen LogP contribution >= 0.6 is 0 Å². The van der Waals surface area contributed by atoms with Crippen LogP contribution in [0.3, 0.4) is 0 Å². The van der Waals surface area contributed by atoms with E-state index in [1.165, 1.54) is 11.6 Å². The average Bonchev–Trinajstić information content (AvgIpc) is 3.64. The molecule has 0 amide bonds. The van der Waals surface area contributed by atoms with Gasteiger partial charge in [0.1, 0.15) is 28.8 Å². The summed E-state index contributed by atoms with van der Waals surface area (Å²) >= 11 is 0. The minimum absolute atomic E-state index is 0.151. The summed E-state index contributed by atoms with van der Waals surface area (Å²) < 4.78 is 46.1. The zero-order chi connectivity index (χ0) is 62.2. The molecular formula is C72H75FO12. The topological polar surface area (TPSA) is 158 Å². The van der Waals surface area contributed by atoms with Crippen molar-refractivity contribution >= 4 is 35.8 Å². The van der Waals surface area contributed by atoms with E-state index in [0.29, 0.717) is 64.1 Å². The number of ether oxygens (including phenoxy) is 6. The van der Waals surface area contributed by atoms with Gasteiger partial charge in [-0.05, 0) is 151 Å². The highest BCUT2D eigenvalue weighted by atomic mass is 19.1. The van der Waals surface area contributed by atoms with Crippen LogP contribution in [0, 0.1) is 23.6 Å². The number of carbonyl (C=O) groups is 6. The molecule has 7 rings (SSSR count). The maximum atomic E-state index is 14.9. The van der Waals surface area contributed by atoms with Crippen molar-refractivity contribution in [2.45, 2.75) is 88.0 Å². The number of carbonyl (C=O) groups excluding carboxylic acids is 6. The summed E-state index contributed by atoms with van der Waals surface area (Å²) in [6.07, 6.45) is 3.11. The number of hydrogen-bond acceptors (Lipinski definition) is 12. The summed E-state index contributed by atoms with van der Waals surface area (Å²) in [5, 5.41) is 0. The molecule has 0 radical (unpaired) electrons.